The summed E-state index contributed by atoms with van der Waals surface area (Å²) in [6, 6.07) is 0. The molecule has 2 rings (SSSR count). The van der Waals surface area contributed by atoms with Gasteiger partial charge in [0.1, 0.15) is 5.60 Å². The lowest BCUT2D eigenvalue weighted by atomic mass is 9.78. The molecule has 0 atom stereocenters. The quantitative estimate of drug-likeness (QED) is 0.792. The van der Waals surface area contributed by atoms with Crippen LogP contribution in [0.3, 0.4) is 0 Å². The highest BCUT2D eigenvalue weighted by Crippen LogP contribution is 2.43. The lowest BCUT2D eigenvalue weighted by Crippen LogP contribution is -2.36. The van der Waals surface area contributed by atoms with Crippen LogP contribution >= 0.6 is 11.6 Å². The summed E-state index contributed by atoms with van der Waals surface area (Å²) in [7, 11) is 0. The zero-order valence-corrected chi connectivity index (χ0v) is 8.38. The largest absolute Gasteiger partial charge is 0.384 e. The van der Waals surface area contributed by atoms with E-state index in [2.05, 4.69) is 5.10 Å². The van der Waals surface area contributed by atoms with Crippen molar-refractivity contribution in [2.75, 3.05) is 0 Å². The molecule has 1 saturated carbocycles. The molecule has 0 spiro atoms. The molecule has 1 aliphatic rings. The van der Waals surface area contributed by atoms with E-state index < -0.39 is 5.60 Å². The van der Waals surface area contributed by atoms with Crippen LogP contribution in [0.15, 0.2) is 6.20 Å². The Balaban J connectivity index is 2.42. The summed E-state index contributed by atoms with van der Waals surface area (Å²) in [5, 5.41) is 14.8. The average Bonchev–Trinajstić information content (AvgIpc) is 2.43. The predicted octanol–water partition coefficient (Wildman–Crippen LogP) is 1.93. The Kier molecular flexibility index (Phi) is 2.08. The molecule has 0 amide bonds. The molecular formula is C9H13ClN2O. The molecule has 1 heterocycles. The second-order valence-electron chi connectivity index (χ2n) is 3.54. The number of hydrogen-bond acceptors (Lipinski definition) is 2. The van der Waals surface area contributed by atoms with E-state index in [1.165, 1.54) is 0 Å². The van der Waals surface area contributed by atoms with Gasteiger partial charge in [0.15, 0.2) is 0 Å². The second-order valence-corrected chi connectivity index (χ2v) is 3.95. The number of aliphatic hydroxyl groups is 1. The molecule has 0 bridgehead atoms. The van der Waals surface area contributed by atoms with Crippen molar-refractivity contribution in [2.24, 2.45) is 0 Å². The van der Waals surface area contributed by atoms with Crippen LogP contribution in [-0.4, -0.2) is 14.9 Å². The summed E-state index contributed by atoms with van der Waals surface area (Å²) >= 11 is 5.98. The average molecular weight is 201 g/mol. The third-order valence-electron chi connectivity index (χ3n) is 2.72. The molecule has 1 N–H and O–H groups in total. The van der Waals surface area contributed by atoms with Gasteiger partial charge in [-0.3, -0.25) is 4.68 Å². The fourth-order valence-electron chi connectivity index (χ4n) is 1.81. The van der Waals surface area contributed by atoms with E-state index in [0.29, 0.717) is 5.02 Å². The molecule has 4 heteroatoms. The van der Waals surface area contributed by atoms with Gasteiger partial charge in [0, 0.05) is 6.54 Å². The SMILES string of the molecule is CCn1ncc(Cl)c1C1(O)CCC1. The van der Waals surface area contributed by atoms with Crippen LogP contribution in [0.4, 0.5) is 0 Å². The van der Waals surface area contributed by atoms with Gasteiger partial charge in [-0.25, -0.2) is 0 Å². The first-order valence-electron chi connectivity index (χ1n) is 4.61. The van der Waals surface area contributed by atoms with Gasteiger partial charge in [0.2, 0.25) is 0 Å². The van der Waals surface area contributed by atoms with E-state index in [0.717, 1.165) is 31.5 Å². The first kappa shape index (κ1) is 9.03. The third-order valence-corrected chi connectivity index (χ3v) is 2.99. The maximum absolute atomic E-state index is 10.1. The number of halogens is 1. The van der Waals surface area contributed by atoms with Gasteiger partial charge in [0.25, 0.3) is 0 Å². The van der Waals surface area contributed by atoms with Crippen LogP contribution in [0, 0.1) is 0 Å². The molecule has 13 heavy (non-hydrogen) atoms. The topological polar surface area (TPSA) is 38.0 Å². The zero-order chi connectivity index (χ0) is 9.47. The highest BCUT2D eigenvalue weighted by atomic mass is 35.5. The standard InChI is InChI=1S/C9H13ClN2O/c1-2-12-8(7(10)6-11-12)9(13)4-3-5-9/h6,13H,2-5H2,1H3. The molecule has 72 valence electrons. The van der Waals surface area contributed by atoms with Crippen molar-refractivity contribution < 1.29 is 5.11 Å². The van der Waals surface area contributed by atoms with Crippen molar-refractivity contribution in [2.45, 2.75) is 38.3 Å². The summed E-state index contributed by atoms with van der Waals surface area (Å²) in [4.78, 5) is 0. The summed E-state index contributed by atoms with van der Waals surface area (Å²) in [6.07, 6.45) is 4.29. The second kappa shape index (κ2) is 3.00. The van der Waals surface area contributed by atoms with Gasteiger partial charge in [-0.2, -0.15) is 5.10 Å². The number of aryl methyl sites for hydroxylation is 1. The van der Waals surface area contributed by atoms with E-state index in [4.69, 9.17) is 11.6 Å². The first-order valence-corrected chi connectivity index (χ1v) is 4.99. The molecule has 0 radical (unpaired) electrons. The zero-order valence-electron chi connectivity index (χ0n) is 7.63. The Morgan fingerprint density at radius 3 is 2.85 bits per heavy atom. The van der Waals surface area contributed by atoms with Crippen molar-refractivity contribution in [1.82, 2.24) is 9.78 Å². The van der Waals surface area contributed by atoms with Crippen molar-refractivity contribution in [3.05, 3.63) is 16.9 Å². The lowest BCUT2D eigenvalue weighted by molar-refractivity contribution is -0.0461. The molecule has 3 nitrogen and oxygen atoms in total. The molecule has 1 aliphatic carbocycles. The van der Waals surface area contributed by atoms with Crippen molar-refractivity contribution in [1.29, 1.82) is 0 Å². The van der Waals surface area contributed by atoms with Crippen LogP contribution in [0.5, 0.6) is 0 Å². The third kappa shape index (κ3) is 1.27. The summed E-state index contributed by atoms with van der Waals surface area (Å²) < 4.78 is 1.78. The minimum absolute atomic E-state index is 0.587. The number of nitrogens with zero attached hydrogens (tertiary/aromatic N) is 2. The maximum atomic E-state index is 10.1. The molecule has 0 saturated heterocycles. The van der Waals surface area contributed by atoms with Crippen LogP contribution < -0.4 is 0 Å². The summed E-state index contributed by atoms with van der Waals surface area (Å²) in [5.41, 5.74) is 0.0896. The fourth-order valence-corrected chi connectivity index (χ4v) is 2.13. The number of hydrogen-bond donors (Lipinski definition) is 1. The van der Waals surface area contributed by atoms with Crippen LogP contribution in [0.1, 0.15) is 31.9 Å². The molecule has 1 aromatic heterocycles. The van der Waals surface area contributed by atoms with Gasteiger partial charge in [-0.05, 0) is 26.2 Å². The number of rotatable bonds is 2. The Morgan fingerprint density at radius 2 is 2.38 bits per heavy atom. The van der Waals surface area contributed by atoms with Gasteiger partial charge < -0.3 is 5.11 Å². The Labute approximate surface area is 82.3 Å². The van der Waals surface area contributed by atoms with Crippen LogP contribution in [0.25, 0.3) is 0 Å². The Bertz CT molecular complexity index is 317. The van der Waals surface area contributed by atoms with E-state index in [1.54, 1.807) is 10.9 Å². The van der Waals surface area contributed by atoms with Gasteiger partial charge in [0.05, 0.1) is 16.9 Å². The number of aromatic nitrogens is 2. The molecule has 0 unspecified atom stereocenters. The fraction of sp³-hybridized carbons (Fsp3) is 0.667. The minimum Gasteiger partial charge on any atom is -0.384 e. The van der Waals surface area contributed by atoms with Crippen molar-refractivity contribution in [3.8, 4) is 0 Å². The first-order chi connectivity index (χ1) is 6.17. The molecule has 0 aliphatic heterocycles. The lowest BCUT2D eigenvalue weighted by Gasteiger charge is -2.37. The molecule has 0 aromatic carbocycles. The molecule has 1 fully saturated rings. The highest BCUT2D eigenvalue weighted by molar-refractivity contribution is 6.31. The van der Waals surface area contributed by atoms with E-state index in [-0.39, 0.29) is 0 Å². The Hall–Kier alpha value is -0.540. The molecule has 1 aromatic rings. The van der Waals surface area contributed by atoms with Gasteiger partial charge in [-0.15, -0.1) is 0 Å². The van der Waals surface area contributed by atoms with Crippen LogP contribution in [-0.2, 0) is 12.1 Å². The van der Waals surface area contributed by atoms with Crippen molar-refractivity contribution in [3.63, 3.8) is 0 Å². The normalized spacial score (nSPS) is 19.9. The van der Waals surface area contributed by atoms with E-state index >= 15 is 0 Å². The predicted molar refractivity (Wildman–Crippen MR) is 50.7 cm³/mol. The smallest absolute Gasteiger partial charge is 0.108 e. The summed E-state index contributed by atoms with van der Waals surface area (Å²) in [5.74, 6) is 0. The maximum Gasteiger partial charge on any atom is 0.108 e. The van der Waals surface area contributed by atoms with Crippen LogP contribution in [0.2, 0.25) is 5.02 Å². The minimum atomic E-state index is -0.705. The molecular weight excluding hydrogens is 188 g/mol. The van der Waals surface area contributed by atoms with Crippen molar-refractivity contribution >= 4 is 11.6 Å². The monoisotopic (exact) mass is 200 g/mol. The van der Waals surface area contributed by atoms with E-state index in [9.17, 15) is 5.11 Å². The summed E-state index contributed by atoms with van der Waals surface area (Å²) in [6.45, 7) is 2.75. The van der Waals surface area contributed by atoms with Gasteiger partial charge in [-0.1, -0.05) is 11.6 Å². The Morgan fingerprint density at radius 1 is 1.69 bits per heavy atom. The highest BCUT2D eigenvalue weighted by Gasteiger charge is 2.40. The van der Waals surface area contributed by atoms with E-state index in [1.807, 2.05) is 6.92 Å². The van der Waals surface area contributed by atoms with Gasteiger partial charge >= 0.3 is 0 Å².